The lowest BCUT2D eigenvalue weighted by Crippen LogP contribution is -2.41. The molecule has 1 aliphatic heterocycles. The molecular formula is C15H21BClNO3. The van der Waals surface area contributed by atoms with Crippen LogP contribution < -0.4 is 10.2 Å². The number of ether oxygens (including phenoxy) is 1. The molecule has 21 heavy (non-hydrogen) atoms. The van der Waals surface area contributed by atoms with Crippen LogP contribution in [0.3, 0.4) is 0 Å². The van der Waals surface area contributed by atoms with Gasteiger partial charge in [0, 0.05) is 13.3 Å². The van der Waals surface area contributed by atoms with Gasteiger partial charge in [0.1, 0.15) is 12.4 Å². The molecule has 0 spiro atoms. The molecule has 6 heteroatoms. The minimum atomic E-state index is -0.418. The van der Waals surface area contributed by atoms with E-state index in [4.69, 9.17) is 25.6 Å². The Morgan fingerprint density at radius 1 is 1.24 bits per heavy atom. The molecule has 1 heterocycles. The smallest absolute Gasteiger partial charge is 0.486 e. The minimum absolute atomic E-state index is 0.364. The van der Waals surface area contributed by atoms with Crippen molar-refractivity contribution in [1.82, 2.24) is 0 Å². The Bertz CT molecular complexity index is 530. The number of benzene rings is 1. The molecule has 2 rings (SSSR count). The van der Waals surface area contributed by atoms with Crippen molar-refractivity contribution in [2.75, 3.05) is 13.7 Å². The Morgan fingerprint density at radius 2 is 1.86 bits per heavy atom. The van der Waals surface area contributed by atoms with Gasteiger partial charge in [0.15, 0.2) is 0 Å². The van der Waals surface area contributed by atoms with Crippen LogP contribution in [0.5, 0.6) is 5.75 Å². The van der Waals surface area contributed by atoms with Gasteiger partial charge < -0.3 is 14.0 Å². The Labute approximate surface area is 131 Å². The molecule has 1 aromatic carbocycles. The largest absolute Gasteiger partial charge is 0.494 e. The molecule has 0 aromatic heterocycles. The normalized spacial score (nSPS) is 20.2. The molecule has 1 aromatic rings. The molecule has 1 fully saturated rings. The summed E-state index contributed by atoms with van der Waals surface area (Å²) in [5.74, 6) is 0.622. The van der Waals surface area contributed by atoms with E-state index < -0.39 is 7.12 Å². The lowest BCUT2D eigenvalue weighted by molar-refractivity contribution is 0.00578. The predicted octanol–water partition coefficient (Wildman–Crippen LogP) is 2.72. The molecule has 1 aliphatic rings. The van der Waals surface area contributed by atoms with Crippen molar-refractivity contribution in [1.29, 1.82) is 0 Å². The van der Waals surface area contributed by atoms with Crippen molar-refractivity contribution in [2.24, 2.45) is 4.99 Å². The fourth-order valence-corrected chi connectivity index (χ4v) is 2.21. The summed E-state index contributed by atoms with van der Waals surface area (Å²) in [6, 6.07) is 5.56. The summed E-state index contributed by atoms with van der Waals surface area (Å²) in [5, 5.41) is 0.534. The van der Waals surface area contributed by atoms with E-state index in [0.717, 1.165) is 5.46 Å². The average molecular weight is 310 g/mol. The molecule has 114 valence electrons. The highest BCUT2D eigenvalue weighted by atomic mass is 35.5. The van der Waals surface area contributed by atoms with E-state index in [-0.39, 0.29) is 11.2 Å². The Hall–Kier alpha value is -1.04. The van der Waals surface area contributed by atoms with Crippen molar-refractivity contribution in [3.05, 3.63) is 23.2 Å². The molecule has 0 N–H and O–H groups in total. The summed E-state index contributed by atoms with van der Waals surface area (Å²) in [6.45, 7) is 8.49. The van der Waals surface area contributed by atoms with E-state index in [1.165, 1.54) is 0 Å². The Balaban J connectivity index is 2.14. The van der Waals surface area contributed by atoms with Crippen molar-refractivity contribution in [3.8, 4) is 5.75 Å². The molecule has 1 saturated heterocycles. The van der Waals surface area contributed by atoms with Crippen LogP contribution in [0.25, 0.3) is 0 Å². The van der Waals surface area contributed by atoms with Gasteiger partial charge in [-0.15, -0.1) is 0 Å². The van der Waals surface area contributed by atoms with Gasteiger partial charge in [0.25, 0.3) is 0 Å². The quantitative estimate of drug-likeness (QED) is 0.634. The first-order valence-corrected chi connectivity index (χ1v) is 7.33. The van der Waals surface area contributed by atoms with E-state index in [2.05, 4.69) is 4.99 Å². The second-order valence-corrected chi connectivity index (χ2v) is 6.44. The van der Waals surface area contributed by atoms with Gasteiger partial charge >= 0.3 is 7.12 Å². The van der Waals surface area contributed by atoms with E-state index >= 15 is 0 Å². The van der Waals surface area contributed by atoms with Crippen LogP contribution in [0.1, 0.15) is 27.7 Å². The monoisotopic (exact) mass is 309 g/mol. The third kappa shape index (κ3) is 3.42. The van der Waals surface area contributed by atoms with E-state index in [0.29, 0.717) is 17.4 Å². The molecule has 0 atom stereocenters. The van der Waals surface area contributed by atoms with E-state index in [1.807, 2.05) is 45.9 Å². The maximum Gasteiger partial charge on any atom is 0.494 e. The first-order valence-electron chi connectivity index (χ1n) is 6.95. The maximum absolute atomic E-state index is 6.25. The molecule has 0 aliphatic carbocycles. The molecule has 0 radical (unpaired) electrons. The summed E-state index contributed by atoms with van der Waals surface area (Å²) in [4.78, 5) is 3.86. The lowest BCUT2D eigenvalue weighted by atomic mass is 9.79. The summed E-state index contributed by atoms with van der Waals surface area (Å²) in [7, 11) is 1.28. The van der Waals surface area contributed by atoms with Crippen LogP contribution in [-0.4, -0.2) is 38.2 Å². The second kappa shape index (κ2) is 5.99. The van der Waals surface area contributed by atoms with Gasteiger partial charge in [-0.25, -0.2) is 0 Å². The predicted molar refractivity (Wildman–Crippen MR) is 87.1 cm³/mol. The number of rotatable bonds is 4. The molecule has 0 bridgehead atoms. The van der Waals surface area contributed by atoms with Crippen LogP contribution in [-0.2, 0) is 9.31 Å². The van der Waals surface area contributed by atoms with E-state index in [1.54, 1.807) is 13.3 Å². The second-order valence-electron chi connectivity index (χ2n) is 6.03. The van der Waals surface area contributed by atoms with Crippen molar-refractivity contribution in [3.63, 3.8) is 0 Å². The minimum Gasteiger partial charge on any atom is -0.486 e. The fraction of sp³-hybridized carbons (Fsp3) is 0.533. The van der Waals surface area contributed by atoms with Crippen LogP contribution >= 0.6 is 11.6 Å². The number of aliphatic imine (C=N–C) groups is 1. The molecule has 0 saturated carbocycles. The third-order valence-electron chi connectivity index (χ3n) is 3.98. The summed E-state index contributed by atoms with van der Waals surface area (Å²) in [5.41, 5.74) is 0.156. The first-order chi connectivity index (χ1) is 9.77. The highest BCUT2D eigenvalue weighted by molar-refractivity contribution is 6.62. The zero-order valence-electron chi connectivity index (χ0n) is 13.1. The number of hydrogen-bond donors (Lipinski definition) is 0. The summed E-state index contributed by atoms with van der Waals surface area (Å²) >= 11 is 6.25. The Morgan fingerprint density at radius 3 is 2.38 bits per heavy atom. The molecular weight excluding hydrogens is 288 g/mol. The van der Waals surface area contributed by atoms with Crippen LogP contribution in [0.2, 0.25) is 5.02 Å². The molecule has 0 amide bonds. The Kier molecular flexibility index (Phi) is 4.66. The maximum atomic E-state index is 6.25. The van der Waals surface area contributed by atoms with Crippen LogP contribution in [0, 0.1) is 0 Å². The zero-order chi connectivity index (χ0) is 15.7. The van der Waals surface area contributed by atoms with Gasteiger partial charge in [-0.05, 0) is 45.3 Å². The fourth-order valence-electron chi connectivity index (χ4n) is 1.96. The SMILES string of the molecule is C/N=C/COc1ccc(B2OC(C)(C)C(C)(C)O2)cc1Cl. The van der Waals surface area contributed by atoms with Gasteiger partial charge in [-0.1, -0.05) is 17.7 Å². The molecule has 4 nitrogen and oxygen atoms in total. The number of halogens is 1. The van der Waals surface area contributed by atoms with Gasteiger partial charge in [-0.3, -0.25) is 4.99 Å². The zero-order valence-corrected chi connectivity index (χ0v) is 13.9. The van der Waals surface area contributed by atoms with Crippen molar-refractivity contribution in [2.45, 2.75) is 38.9 Å². The standard InChI is InChI=1S/C15H21BClNO3/c1-14(2)15(3,4)21-16(20-14)11-6-7-13(12(17)10-11)19-9-8-18-5/h6-8,10H,9H2,1-5H3/b18-8+. The number of nitrogens with zero attached hydrogens (tertiary/aromatic N) is 1. The number of hydrogen-bond acceptors (Lipinski definition) is 4. The topological polar surface area (TPSA) is 40.0 Å². The van der Waals surface area contributed by atoms with Gasteiger partial charge in [0.05, 0.1) is 16.2 Å². The summed E-state index contributed by atoms with van der Waals surface area (Å²) < 4.78 is 17.5. The van der Waals surface area contributed by atoms with Gasteiger partial charge in [0.2, 0.25) is 0 Å². The lowest BCUT2D eigenvalue weighted by Gasteiger charge is -2.32. The first kappa shape index (κ1) is 16.3. The third-order valence-corrected chi connectivity index (χ3v) is 4.27. The molecule has 0 unspecified atom stereocenters. The van der Waals surface area contributed by atoms with Crippen LogP contribution in [0.4, 0.5) is 0 Å². The highest BCUT2D eigenvalue weighted by Gasteiger charge is 2.51. The highest BCUT2D eigenvalue weighted by Crippen LogP contribution is 2.36. The summed E-state index contributed by atoms with van der Waals surface area (Å²) in [6.07, 6.45) is 1.68. The van der Waals surface area contributed by atoms with Gasteiger partial charge in [-0.2, -0.15) is 0 Å². The van der Waals surface area contributed by atoms with Crippen molar-refractivity contribution < 1.29 is 14.0 Å². The van der Waals surface area contributed by atoms with Crippen LogP contribution in [0.15, 0.2) is 23.2 Å². The average Bonchev–Trinajstić information content (AvgIpc) is 2.60. The van der Waals surface area contributed by atoms with Crippen molar-refractivity contribution >= 4 is 30.4 Å². The van der Waals surface area contributed by atoms with E-state index in [9.17, 15) is 0 Å².